The van der Waals surface area contributed by atoms with Gasteiger partial charge in [-0.05, 0) is 48.5 Å². The lowest BCUT2D eigenvalue weighted by atomic mass is 10.00. The molecule has 0 fully saturated rings. The highest BCUT2D eigenvalue weighted by Gasteiger charge is 2.37. The monoisotopic (exact) mass is 449 g/mol. The lowest BCUT2D eigenvalue weighted by Crippen LogP contribution is -2.28. The van der Waals surface area contributed by atoms with E-state index in [2.05, 4.69) is 10.1 Å². The summed E-state index contributed by atoms with van der Waals surface area (Å²) in [7, 11) is 1.58. The lowest BCUT2D eigenvalue weighted by Gasteiger charge is -2.23. The summed E-state index contributed by atoms with van der Waals surface area (Å²) in [6.07, 6.45) is 1.87. The molecular weight excluding hydrogens is 433 g/mol. The smallest absolute Gasteiger partial charge is 0.277 e. The maximum Gasteiger partial charge on any atom is 0.277 e. The van der Waals surface area contributed by atoms with Crippen molar-refractivity contribution in [2.24, 2.45) is 5.10 Å². The Morgan fingerprint density at radius 3 is 2.78 bits per heavy atom. The van der Waals surface area contributed by atoms with Gasteiger partial charge in [0.2, 0.25) is 0 Å². The van der Waals surface area contributed by atoms with Crippen LogP contribution in [0.2, 0.25) is 5.15 Å². The van der Waals surface area contributed by atoms with Gasteiger partial charge in [0.1, 0.15) is 28.2 Å². The lowest BCUT2D eigenvalue weighted by molar-refractivity contribution is 0.0706. The van der Waals surface area contributed by atoms with E-state index in [1.54, 1.807) is 31.4 Å². The molecule has 4 aromatic rings. The normalized spacial score (nSPS) is 15.8. The Kier molecular flexibility index (Phi) is 5.11. The average molecular weight is 450 g/mol. The largest absolute Gasteiger partial charge is 0.497 e. The Morgan fingerprint density at radius 1 is 1.19 bits per heavy atom. The Labute approximate surface area is 187 Å². The summed E-state index contributed by atoms with van der Waals surface area (Å²) < 4.78 is 25.2. The number of hydrogen-bond acceptors (Lipinski definition) is 5. The number of nitrogens with zero attached hydrogens (tertiary/aromatic N) is 3. The van der Waals surface area contributed by atoms with Gasteiger partial charge in [-0.2, -0.15) is 5.10 Å². The van der Waals surface area contributed by atoms with Crippen molar-refractivity contribution in [3.05, 3.63) is 94.8 Å². The number of ether oxygens (including phenoxy) is 1. The Hall–Kier alpha value is -3.71. The number of carbonyl (C=O) groups is 1. The molecule has 0 aliphatic carbocycles. The molecule has 2 aromatic heterocycles. The van der Waals surface area contributed by atoms with Gasteiger partial charge in [0.15, 0.2) is 0 Å². The molecule has 6 nitrogen and oxygen atoms in total. The van der Waals surface area contributed by atoms with Crippen LogP contribution in [0.25, 0.3) is 10.9 Å². The third-order valence-corrected chi connectivity index (χ3v) is 5.69. The van der Waals surface area contributed by atoms with Crippen LogP contribution < -0.4 is 4.74 Å². The molecule has 0 spiro atoms. The molecule has 5 rings (SSSR count). The standard InChI is InChI=1S/C24H17ClFN3O3/c1-31-15-8-9-19-14(11-15)12-17(23(25)27-19)21-13-20(22-7-4-10-32-22)28-29(21)24(30)16-5-2-3-6-18(16)26/h2-12,21H,13H2,1H3. The highest BCUT2D eigenvalue weighted by atomic mass is 35.5. The van der Waals surface area contributed by atoms with Crippen LogP contribution in [0.4, 0.5) is 4.39 Å². The number of fused-ring (bicyclic) bond motifs is 1. The summed E-state index contributed by atoms with van der Waals surface area (Å²) >= 11 is 6.55. The third kappa shape index (κ3) is 3.50. The zero-order valence-corrected chi connectivity index (χ0v) is 17.7. The van der Waals surface area contributed by atoms with Crippen LogP contribution in [-0.4, -0.2) is 28.7 Å². The van der Waals surface area contributed by atoms with Crippen molar-refractivity contribution >= 4 is 34.1 Å². The molecule has 0 N–H and O–H groups in total. The number of halogens is 2. The van der Waals surface area contributed by atoms with Crippen molar-refractivity contribution in [1.82, 2.24) is 9.99 Å². The van der Waals surface area contributed by atoms with E-state index in [-0.39, 0.29) is 10.7 Å². The summed E-state index contributed by atoms with van der Waals surface area (Å²) in [6.45, 7) is 0. The molecule has 32 heavy (non-hydrogen) atoms. The van der Waals surface area contributed by atoms with Gasteiger partial charge in [-0.1, -0.05) is 23.7 Å². The van der Waals surface area contributed by atoms with Crippen LogP contribution in [0, 0.1) is 5.82 Å². The van der Waals surface area contributed by atoms with E-state index in [4.69, 9.17) is 20.8 Å². The number of aromatic nitrogens is 1. The number of methoxy groups -OCH3 is 1. The van der Waals surface area contributed by atoms with E-state index in [0.717, 1.165) is 5.39 Å². The fraction of sp³-hybridized carbons (Fsp3) is 0.125. The van der Waals surface area contributed by atoms with Crippen LogP contribution in [0.3, 0.4) is 0 Å². The van der Waals surface area contributed by atoms with Crippen LogP contribution in [-0.2, 0) is 0 Å². The minimum Gasteiger partial charge on any atom is -0.497 e. The summed E-state index contributed by atoms with van der Waals surface area (Å²) in [5.74, 6) is 0.0120. The molecule has 0 radical (unpaired) electrons. The number of amides is 1. The highest BCUT2D eigenvalue weighted by molar-refractivity contribution is 6.30. The fourth-order valence-corrected chi connectivity index (χ4v) is 4.07. The predicted octanol–water partition coefficient (Wildman–Crippen LogP) is 5.62. The maximum absolute atomic E-state index is 14.4. The van der Waals surface area contributed by atoms with Gasteiger partial charge in [0.05, 0.1) is 30.5 Å². The molecule has 1 atom stereocenters. The van der Waals surface area contributed by atoms with Crippen LogP contribution in [0.15, 0.2) is 76.4 Å². The van der Waals surface area contributed by atoms with E-state index in [1.807, 2.05) is 18.2 Å². The molecule has 2 aromatic carbocycles. The minimum atomic E-state index is -0.620. The molecule has 0 saturated heterocycles. The fourth-order valence-electron chi connectivity index (χ4n) is 3.80. The number of carbonyl (C=O) groups excluding carboxylic acids is 1. The minimum absolute atomic E-state index is 0.0755. The number of pyridine rings is 1. The molecule has 1 aliphatic heterocycles. The zero-order chi connectivity index (χ0) is 22.2. The van der Waals surface area contributed by atoms with E-state index in [9.17, 15) is 9.18 Å². The van der Waals surface area contributed by atoms with Gasteiger partial charge in [-0.15, -0.1) is 0 Å². The second-order valence-electron chi connectivity index (χ2n) is 7.30. The van der Waals surface area contributed by atoms with Crippen molar-refractivity contribution in [2.75, 3.05) is 7.11 Å². The van der Waals surface area contributed by atoms with Crippen molar-refractivity contribution in [1.29, 1.82) is 0 Å². The van der Waals surface area contributed by atoms with Gasteiger partial charge in [-0.3, -0.25) is 4.79 Å². The van der Waals surface area contributed by atoms with E-state index >= 15 is 0 Å². The molecule has 3 heterocycles. The first-order chi connectivity index (χ1) is 15.5. The summed E-state index contributed by atoms with van der Waals surface area (Å²) in [5.41, 5.74) is 1.78. The highest BCUT2D eigenvalue weighted by Crippen LogP contribution is 2.38. The second kappa shape index (κ2) is 8.09. The average Bonchev–Trinajstić information content (AvgIpc) is 3.48. The predicted molar refractivity (Wildman–Crippen MR) is 118 cm³/mol. The number of furan rings is 1. The first-order valence-corrected chi connectivity index (χ1v) is 10.3. The summed E-state index contributed by atoms with van der Waals surface area (Å²) in [5, 5.41) is 6.79. The van der Waals surface area contributed by atoms with Crippen LogP contribution in [0.5, 0.6) is 5.75 Å². The quantitative estimate of drug-likeness (QED) is 0.379. The van der Waals surface area contributed by atoms with Gasteiger partial charge < -0.3 is 9.15 Å². The van der Waals surface area contributed by atoms with Crippen LogP contribution in [0.1, 0.15) is 34.1 Å². The molecule has 1 aliphatic rings. The molecular formula is C24H17ClFN3O3. The third-order valence-electron chi connectivity index (χ3n) is 5.39. The van der Waals surface area contributed by atoms with Crippen molar-refractivity contribution in [3.63, 3.8) is 0 Å². The summed E-state index contributed by atoms with van der Waals surface area (Å²) in [6, 6.07) is 16.0. The second-order valence-corrected chi connectivity index (χ2v) is 7.66. The van der Waals surface area contributed by atoms with E-state index in [0.29, 0.717) is 34.7 Å². The van der Waals surface area contributed by atoms with E-state index < -0.39 is 17.8 Å². The molecule has 1 amide bonds. The molecule has 160 valence electrons. The van der Waals surface area contributed by atoms with Crippen LogP contribution >= 0.6 is 11.6 Å². The van der Waals surface area contributed by atoms with Gasteiger partial charge in [0.25, 0.3) is 5.91 Å². The number of hydrazone groups is 1. The molecule has 0 bridgehead atoms. The maximum atomic E-state index is 14.4. The molecule has 0 saturated carbocycles. The Bertz CT molecular complexity index is 1350. The Morgan fingerprint density at radius 2 is 2.03 bits per heavy atom. The summed E-state index contributed by atoms with van der Waals surface area (Å²) in [4.78, 5) is 17.8. The topological polar surface area (TPSA) is 67.9 Å². The SMILES string of the molecule is COc1ccc2nc(Cl)c(C3CC(c4ccco4)=NN3C(=O)c3ccccc3F)cc2c1. The number of hydrogen-bond donors (Lipinski definition) is 0. The first kappa shape index (κ1) is 20.2. The van der Waals surface area contributed by atoms with Gasteiger partial charge >= 0.3 is 0 Å². The van der Waals surface area contributed by atoms with Gasteiger partial charge in [-0.25, -0.2) is 14.4 Å². The number of rotatable bonds is 4. The van der Waals surface area contributed by atoms with E-state index in [1.165, 1.54) is 29.5 Å². The zero-order valence-electron chi connectivity index (χ0n) is 17.0. The van der Waals surface area contributed by atoms with Gasteiger partial charge in [0, 0.05) is 17.4 Å². The Balaban J connectivity index is 1.62. The van der Waals surface area contributed by atoms with Crippen molar-refractivity contribution in [3.8, 4) is 5.75 Å². The van der Waals surface area contributed by atoms with Crippen molar-refractivity contribution in [2.45, 2.75) is 12.5 Å². The van der Waals surface area contributed by atoms with Crippen molar-refractivity contribution < 1.29 is 18.3 Å². The molecule has 8 heteroatoms. The molecule has 1 unspecified atom stereocenters. The first-order valence-electron chi connectivity index (χ1n) is 9.89. The number of benzene rings is 2.